The van der Waals surface area contributed by atoms with Gasteiger partial charge in [-0.05, 0) is 49.2 Å². The van der Waals surface area contributed by atoms with Crippen LogP contribution in [0.4, 0.5) is 5.13 Å². The molecule has 2 N–H and O–H groups in total. The molecule has 36 heavy (non-hydrogen) atoms. The Labute approximate surface area is 212 Å². The molecule has 1 amide bonds. The van der Waals surface area contributed by atoms with E-state index < -0.39 is 22.0 Å². The number of hydrogen-bond donors (Lipinski definition) is 2. The van der Waals surface area contributed by atoms with E-state index >= 15 is 0 Å². The van der Waals surface area contributed by atoms with Crippen LogP contribution < -0.4 is 19.5 Å². The van der Waals surface area contributed by atoms with Gasteiger partial charge in [0.25, 0.3) is 0 Å². The zero-order valence-corrected chi connectivity index (χ0v) is 20.8. The molecule has 1 aliphatic heterocycles. The maximum Gasteiger partial charge on any atom is 0.244 e. The van der Waals surface area contributed by atoms with Gasteiger partial charge in [0.05, 0.1) is 4.90 Å². The molecule has 1 aliphatic rings. The van der Waals surface area contributed by atoms with Gasteiger partial charge in [0.1, 0.15) is 11.0 Å². The van der Waals surface area contributed by atoms with Crippen molar-refractivity contribution in [3.8, 4) is 22.1 Å². The van der Waals surface area contributed by atoms with E-state index in [2.05, 4.69) is 20.2 Å². The Balaban J connectivity index is 1.36. The van der Waals surface area contributed by atoms with Gasteiger partial charge in [0.15, 0.2) is 11.5 Å². The molecule has 0 bridgehead atoms. The Morgan fingerprint density at radius 1 is 1.00 bits per heavy atom. The smallest absolute Gasteiger partial charge is 0.244 e. The number of nitrogens with one attached hydrogen (secondary N) is 2. The first-order valence-electron chi connectivity index (χ1n) is 11.0. The molecule has 0 spiro atoms. The SMILES string of the molecule is Cc1ccc(S(=O)(=O)NC(Cc2ccccc2)C(=O)Nc2nnc(-c3ccc4c(c3)OCO4)s2)cc1. The molecule has 0 saturated heterocycles. The first-order chi connectivity index (χ1) is 17.4. The highest BCUT2D eigenvalue weighted by Crippen LogP contribution is 2.37. The van der Waals surface area contributed by atoms with E-state index in [1.54, 1.807) is 24.3 Å². The van der Waals surface area contributed by atoms with Gasteiger partial charge < -0.3 is 9.47 Å². The molecule has 1 atom stereocenters. The van der Waals surface area contributed by atoms with Crippen LogP contribution in [-0.4, -0.2) is 37.4 Å². The monoisotopic (exact) mass is 522 g/mol. The van der Waals surface area contributed by atoms with Crippen LogP contribution in [0.25, 0.3) is 10.6 Å². The average Bonchev–Trinajstić information content (AvgIpc) is 3.53. The van der Waals surface area contributed by atoms with Crippen molar-refractivity contribution in [1.82, 2.24) is 14.9 Å². The van der Waals surface area contributed by atoms with Gasteiger partial charge in [0, 0.05) is 5.56 Å². The third-order valence-corrected chi connectivity index (χ3v) is 7.88. The number of carbonyl (C=O) groups is 1. The van der Waals surface area contributed by atoms with Crippen molar-refractivity contribution in [3.63, 3.8) is 0 Å². The molecular weight excluding hydrogens is 500 g/mol. The maximum atomic E-state index is 13.2. The number of nitrogens with zero attached hydrogens (tertiary/aromatic N) is 2. The molecule has 11 heteroatoms. The molecule has 0 aliphatic carbocycles. The van der Waals surface area contributed by atoms with Crippen LogP contribution in [0.5, 0.6) is 11.5 Å². The third kappa shape index (κ3) is 5.38. The minimum atomic E-state index is -3.95. The molecule has 1 unspecified atom stereocenters. The van der Waals surface area contributed by atoms with Crippen LogP contribution in [0.2, 0.25) is 0 Å². The van der Waals surface area contributed by atoms with Crippen molar-refractivity contribution >= 4 is 32.4 Å². The molecule has 0 fully saturated rings. The summed E-state index contributed by atoms with van der Waals surface area (Å²) in [5, 5.41) is 11.8. The summed E-state index contributed by atoms with van der Waals surface area (Å²) in [6, 6.07) is 20.0. The summed E-state index contributed by atoms with van der Waals surface area (Å²) in [5.74, 6) is 0.728. The van der Waals surface area contributed by atoms with Crippen molar-refractivity contribution < 1.29 is 22.7 Å². The number of carbonyl (C=O) groups excluding carboxylic acids is 1. The summed E-state index contributed by atoms with van der Waals surface area (Å²) < 4.78 is 39.4. The van der Waals surface area contributed by atoms with E-state index in [4.69, 9.17) is 9.47 Å². The predicted octanol–water partition coefficient (Wildman–Crippen LogP) is 3.77. The second-order valence-corrected chi connectivity index (χ2v) is 10.8. The minimum Gasteiger partial charge on any atom is -0.454 e. The van der Waals surface area contributed by atoms with Crippen molar-refractivity contribution in [1.29, 1.82) is 0 Å². The molecule has 2 heterocycles. The fraction of sp³-hybridized carbons (Fsp3) is 0.160. The van der Waals surface area contributed by atoms with Gasteiger partial charge in [-0.25, -0.2) is 8.42 Å². The summed E-state index contributed by atoms with van der Waals surface area (Å²) in [6.07, 6.45) is 0.158. The number of sulfonamides is 1. The first-order valence-corrected chi connectivity index (χ1v) is 13.3. The van der Waals surface area contributed by atoms with Crippen LogP contribution in [0.1, 0.15) is 11.1 Å². The number of rotatable bonds is 8. The molecule has 1 aromatic heterocycles. The number of aryl methyl sites for hydroxylation is 1. The van der Waals surface area contributed by atoms with Crippen LogP contribution >= 0.6 is 11.3 Å². The number of benzene rings is 3. The normalized spacial score (nSPS) is 13.4. The summed E-state index contributed by atoms with van der Waals surface area (Å²) in [7, 11) is -3.95. The lowest BCUT2D eigenvalue weighted by Gasteiger charge is -2.18. The highest BCUT2D eigenvalue weighted by atomic mass is 32.2. The highest BCUT2D eigenvalue weighted by Gasteiger charge is 2.27. The Bertz CT molecular complexity index is 1490. The van der Waals surface area contributed by atoms with Crippen LogP contribution in [0.15, 0.2) is 77.7 Å². The van der Waals surface area contributed by atoms with E-state index in [0.29, 0.717) is 16.5 Å². The van der Waals surface area contributed by atoms with E-state index in [0.717, 1.165) is 16.7 Å². The highest BCUT2D eigenvalue weighted by molar-refractivity contribution is 7.89. The van der Waals surface area contributed by atoms with Gasteiger partial charge in [-0.15, -0.1) is 10.2 Å². The quantitative estimate of drug-likeness (QED) is 0.361. The zero-order valence-electron chi connectivity index (χ0n) is 19.2. The lowest BCUT2D eigenvalue weighted by Crippen LogP contribution is -2.45. The first kappa shape index (κ1) is 23.9. The fourth-order valence-electron chi connectivity index (χ4n) is 3.62. The summed E-state index contributed by atoms with van der Waals surface area (Å²) >= 11 is 1.17. The van der Waals surface area contributed by atoms with E-state index in [-0.39, 0.29) is 23.2 Å². The van der Waals surface area contributed by atoms with E-state index in [1.165, 1.54) is 23.5 Å². The molecule has 184 valence electrons. The van der Waals surface area contributed by atoms with E-state index in [9.17, 15) is 13.2 Å². The number of amides is 1. The van der Waals surface area contributed by atoms with Gasteiger partial charge in [-0.1, -0.05) is 59.4 Å². The minimum absolute atomic E-state index is 0.0833. The van der Waals surface area contributed by atoms with Crippen LogP contribution in [0.3, 0.4) is 0 Å². The summed E-state index contributed by atoms with van der Waals surface area (Å²) in [5.41, 5.74) is 2.50. The molecular formula is C25H22N4O5S2. The molecule has 3 aromatic carbocycles. The Hall–Kier alpha value is -3.80. The average molecular weight is 523 g/mol. The van der Waals surface area contributed by atoms with Crippen LogP contribution in [-0.2, 0) is 21.2 Å². The van der Waals surface area contributed by atoms with Crippen molar-refractivity contribution in [2.45, 2.75) is 24.3 Å². The van der Waals surface area contributed by atoms with Crippen molar-refractivity contribution in [3.05, 3.63) is 83.9 Å². The standard InChI is InChI=1S/C25H22N4O5S2/c1-16-7-10-19(11-8-16)36(31,32)29-20(13-17-5-3-2-4-6-17)23(30)26-25-28-27-24(35-25)18-9-12-21-22(14-18)34-15-33-21/h2-12,14,20,29H,13,15H2,1H3,(H,26,28,30). The van der Waals surface area contributed by atoms with Crippen molar-refractivity contribution in [2.75, 3.05) is 12.1 Å². The predicted molar refractivity (Wildman–Crippen MR) is 136 cm³/mol. The molecule has 0 radical (unpaired) electrons. The largest absolute Gasteiger partial charge is 0.454 e. The number of ether oxygens (including phenoxy) is 2. The number of anilines is 1. The summed E-state index contributed by atoms with van der Waals surface area (Å²) in [4.78, 5) is 13.3. The lowest BCUT2D eigenvalue weighted by atomic mass is 10.1. The fourth-order valence-corrected chi connectivity index (χ4v) is 5.56. The van der Waals surface area contributed by atoms with Gasteiger partial charge in [-0.2, -0.15) is 4.72 Å². The maximum absolute atomic E-state index is 13.2. The zero-order chi connectivity index (χ0) is 25.1. The number of hydrogen-bond acceptors (Lipinski definition) is 8. The molecule has 0 saturated carbocycles. The Morgan fingerprint density at radius 3 is 2.53 bits per heavy atom. The third-order valence-electron chi connectivity index (χ3n) is 5.50. The lowest BCUT2D eigenvalue weighted by molar-refractivity contribution is -0.117. The van der Waals surface area contributed by atoms with Crippen LogP contribution in [0, 0.1) is 6.92 Å². The van der Waals surface area contributed by atoms with Gasteiger partial charge >= 0.3 is 0 Å². The Kier molecular flexibility index (Phi) is 6.68. The van der Waals surface area contributed by atoms with Gasteiger partial charge in [-0.3, -0.25) is 10.1 Å². The molecule has 4 aromatic rings. The van der Waals surface area contributed by atoms with Gasteiger partial charge in [0.2, 0.25) is 27.9 Å². The topological polar surface area (TPSA) is 120 Å². The Morgan fingerprint density at radius 2 is 1.75 bits per heavy atom. The van der Waals surface area contributed by atoms with E-state index in [1.807, 2.05) is 43.3 Å². The number of aromatic nitrogens is 2. The molecule has 9 nitrogen and oxygen atoms in total. The second kappa shape index (κ2) is 10.1. The second-order valence-electron chi connectivity index (χ2n) is 8.15. The number of fused-ring (bicyclic) bond motifs is 1. The van der Waals surface area contributed by atoms with Crippen molar-refractivity contribution in [2.24, 2.45) is 0 Å². The summed E-state index contributed by atoms with van der Waals surface area (Å²) in [6.45, 7) is 2.03. The molecule has 5 rings (SSSR count).